The summed E-state index contributed by atoms with van der Waals surface area (Å²) < 4.78 is 5.50. The van der Waals surface area contributed by atoms with Gasteiger partial charge in [-0.3, -0.25) is 4.79 Å². The molecule has 1 amide bonds. The zero-order valence-electron chi connectivity index (χ0n) is 18.3. The van der Waals surface area contributed by atoms with Crippen molar-refractivity contribution in [3.63, 3.8) is 0 Å². The number of carbonyl (C=O) groups is 1. The maximum atomic E-state index is 11.7. The number of aromatic nitrogens is 1. The van der Waals surface area contributed by atoms with Crippen LogP contribution in [0.25, 0.3) is 11.0 Å². The highest BCUT2D eigenvalue weighted by atomic mass is 35.5. The zero-order chi connectivity index (χ0) is 22.0. The number of hydrogen-bond acceptors (Lipinski definition) is 5. The minimum atomic E-state index is -0.654. The predicted molar refractivity (Wildman–Crippen MR) is 122 cm³/mol. The van der Waals surface area contributed by atoms with E-state index in [2.05, 4.69) is 10.1 Å². The molecule has 31 heavy (non-hydrogen) atoms. The second kappa shape index (κ2) is 9.88. The first kappa shape index (κ1) is 22.6. The first-order chi connectivity index (χ1) is 14.9. The van der Waals surface area contributed by atoms with Crippen LogP contribution in [0.2, 0.25) is 5.02 Å². The molecule has 2 fully saturated rings. The average molecular weight is 448 g/mol. The lowest BCUT2D eigenvalue weighted by atomic mass is 9.73. The Bertz CT molecular complexity index is 883. The third-order valence-electron chi connectivity index (χ3n) is 7.54. The first-order valence-electron chi connectivity index (χ1n) is 11.7. The number of nitrogens with two attached hydrogens (primary N) is 1. The van der Waals surface area contributed by atoms with Gasteiger partial charge in [-0.05, 0) is 82.6 Å². The fourth-order valence-corrected chi connectivity index (χ4v) is 5.88. The Morgan fingerprint density at radius 1 is 1.26 bits per heavy atom. The molecule has 4 rings (SSSR count). The molecule has 0 spiro atoms. The van der Waals surface area contributed by atoms with Crippen molar-refractivity contribution in [1.29, 1.82) is 0 Å². The van der Waals surface area contributed by atoms with Crippen molar-refractivity contribution >= 4 is 28.5 Å². The number of hydrogen-bond donors (Lipinski definition) is 2. The van der Waals surface area contributed by atoms with Crippen LogP contribution in [0.5, 0.6) is 0 Å². The van der Waals surface area contributed by atoms with Gasteiger partial charge in [-0.2, -0.15) is 0 Å². The molecule has 1 aliphatic carbocycles. The van der Waals surface area contributed by atoms with Crippen LogP contribution in [0.1, 0.15) is 63.5 Å². The fraction of sp³-hybridized carbons (Fsp3) is 0.667. The van der Waals surface area contributed by atoms with Gasteiger partial charge in [-0.1, -0.05) is 29.6 Å². The van der Waals surface area contributed by atoms with Crippen LogP contribution in [0, 0.1) is 17.8 Å². The maximum absolute atomic E-state index is 11.7. The van der Waals surface area contributed by atoms with E-state index in [1.54, 1.807) is 6.92 Å². The first-order valence-corrected chi connectivity index (χ1v) is 12.0. The van der Waals surface area contributed by atoms with Crippen LogP contribution in [0.3, 0.4) is 0 Å². The van der Waals surface area contributed by atoms with E-state index >= 15 is 0 Å². The maximum Gasteiger partial charge on any atom is 0.223 e. The van der Waals surface area contributed by atoms with Crippen LogP contribution in [0.15, 0.2) is 22.7 Å². The van der Waals surface area contributed by atoms with E-state index in [4.69, 9.17) is 21.9 Å². The molecular weight excluding hydrogens is 414 g/mol. The molecule has 7 heteroatoms. The molecule has 1 aliphatic heterocycles. The third kappa shape index (κ3) is 5.24. The molecule has 2 aromatic rings. The molecule has 0 radical (unpaired) electrons. The monoisotopic (exact) mass is 447 g/mol. The van der Waals surface area contributed by atoms with Gasteiger partial charge in [-0.15, -0.1) is 0 Å². The predicted octanol–water partition coefficient (Wildman–Crippen LogP) is 4.34. The number of primary amides is 1. The van der Waals surface area contributed by atoms with Gasteiger partial charge in [0.25, 0.3) is 0 Å². The van der Waals surface area contributed by atoms with Crippen molar-refractivity contribution in [3.05, 3.63) is 28.9 Å². The Kier molecular flexibility index (Phi) is 7.19. The molecule has 1 saturated carbocycles. The molecule has 170 valence electrons. The molecule has 2 aliphatic rings. The van der Waals surface area contributed by atoms with Crippen molar-refractivity contribution < 1.29 is 14.4 Å². The van der Waals surface area contributed by atoms with Gasteiger partial charge in [-0.25, -0.2) is 0 Å². The normalized spacial score (nSPS) is 25.5. The van der Waals surface area contributed by atoms with E-state index in [0.717, 1.165) is 74.8 Å². The number of fused-ring (bicyclic) bond motifs is 1. The number of aliphatic hydroxyl groups is 1. The molecule has 2 heterocycles. The van der Waals surface area contributed by atoms with Crippen LogP contribution in [-0.2, 0) is 4.79 Å². The van der Waals surface area contributed by atoms with Gasteiger partial charge < -0.3 is 20.3 Å². The molecule has 1 aromatic heterocycles. The van der Waals surface area contributed by atoms with Gasteiger partial charge in [0.15, 0.2) is 5.58 Å². The summed E-state index contributed by atoms with van der Waals surface area (Å²) in [7, 11) is 0. The number of amides is 1. The highest BCUT2D eigenvalue weighted by molar-refractivity contribution is 6.31. The summed E-state index contributed by atoms with van der Waals surface area (Å²) in [6.07, 6.45) is 7.01. The van der Waals surface area contributed by atoms with Gasteiger partial charge in [0.1, 0.15) is 0 Å². The summed E-state index contributed by atoms with van der Waals surface area (Å²) in [6.45, 7) is 5.00. The second-order valence-corrected chi connectivity index (χ2v) is 10.00. The Labute approximate surface area is 189 Å². The Balaban J connectivity index is 1.22. The van der Waals surface area contributed by atoms with Crippen molar-refractivity contribution in [3.8, 4) is 0 Å². The highest BCUT2D eigenvalue weighted by Crippen LogP contribution is 2.37. The number of piperidine rings is 1. The molecule has 0 bridgehead atoms. The van der Waals surface area contributed by atoms with Gasteiger partial charge in [0.2, 0.25) is 5.91 Å². The standard InChI is InChI=1S/C24H34ClN3O3/c1-15(29)22(24(26)30)17-4-2-16(3-5-17)8-11-28-12-9-18(10-13-28)23-20-7-6-19(25)14-21(20)31-27-23/h6-7,14-18,22,29H,2-5,8-13H2,1H3,(H2,26,30). The summed E-state index contributed by atoms with van der Waals surface area (Å²) in [4.78, 5) is 14.3. The SMILES string of the molecule is CC(O)C(C(N)=O)C1CCC(CCN2CCC(c3noc4cc(Cl)ccc34)CC2)CC1. The van der Waals surface area contributed by atoms with Crippen LogP contribution in [-0.4, -0.2) is 46.8 Å². The Morgan fingerprint density at radius 2 is 1.97 bits per heavy atom. The number of rotatable bonds is 7. The topological polar surface area (TPSA) is 92.6 Å². The van der Waals surface area contributed by atoms with Crippen molar-refractivity contribution in [2.45, 2.75) is 63.9 Å². The van der Waals surface area contributed by atoms with E-state index in [1.165, 1.54) is 6.42 Å². The number of aliphatic hydroxyl groups excluding tert-OH is 1. The van der Waals surface area contributed by atoms with Crippen molar-refractivity contribution in [2.75, 3.05) is 19.6 Å². The van der Waals surface area contributed by atoms with Crippen LogP contribution in [0.4, 0.5) is 0 Å². The Hall–Kier alpha value is -1.63. The van der Waals surface area contributed by atoms with Gasteiger partial charge in [0, 0.05) is 22.4 Å². The molecular formula is C24H34ClN3O3. The molecule has 3 N–H and O–H groups in total. The second-order valence-electron chi connectivity index (χ2n) is 9.56. The summed E-state index contributed by atoms with van der Waals surface area (Å²) >= 11 is 6.06. The number of likely N-dealkylation sites (tertiary alicyclic amines) is 1. The molecule has 1 saturated heterocycles. The van der Waals surface area contributed by atoms with E-state index in [1.807, 2.05) is 18.2 Å². The van der Waals surface area contributed by atoms with Crippen molar-refractivity contribution in [1.82, 2.24) is 10.1 Å². The van der Waals surface area contributed by atoms with E-state index < -0.39 is 12.0 Å². The zero-order valence-corrected chi connectivity index (χ0v) is 19.1. The van der Waals surface area contributed by atoms with Crippen LogP contribution < -0.4 is 5.73 Å². The fourth-order valence-electron chi connectivity index (χ4n) is 5.72. The molecule has 6 nitrogen and oxygen atoms in total. The average Bonchev–Trinajstić information content (AvgIpc) is 3.16. The minimum Gasteiger partial charge on any atom is -0.393 e. The number of carbonyl (C=O) groups excluding carboxylic acids is 1. The van der Waals surface area contributed by atoms with E-state index in [9.17, 15) is 9.90 Å². The van der Waals surface area contributed by atoms with Gasteiger partial charge in [0.05, 0.1) is 17.7 Å². The summed E-state index contributed by atoms with van der Waals surface area (Å²) in [5.74, 6) is 0.630. The number of halogens is 1. The van der Waals surface area contributed by atoms with Crippen LogP contribution >= 0.6 is 11.6 Å². The lowest BCUT2D eigenvalue weighted by Crippen LogP contribution is -2.39. The summed E-state index contributed by atoms with van der Waals surface area (Å²) in [5, 5.41) is 16.0. The lowest BCUT2D eigenvalue weighted by Gasteiger charge is -2.36. The summed E-state index contributed by atoms with van der Waals surface area (Å²) in [5.41, 5.74) is 7.37. The smallest absolute Gasteiger partial charge is 0.223 e. The van der Waals surface area contributed by atoms with Gasteiger partial charge >= 0.3 is 0 Å². The quantitative estimate of drug-likeness (QED) is 0.658. The molecule has 1 aromatic carbocycles. The third-order valence-corrected chi connectivity index (χ3v) is 7.77. The Morgan fingerprint density at radius 3 is 2.61 bits per heavy atom. The minimum absolute atomic E-state index is 0.233. The molecule has 2 unspecified atom stereocenters. The summed E-state index contributed by atoms with van der Waals surface area (Å²) in [6, 6.07) is 5.76. The highest BCUT2D eigenvalue weighted by Gasteiger charge is 2.34. The number of benzene rings is 1. The molecule has 2 atom stereocenters. The number of nitrogens with zero attached hydrogens (tertiary/aromatic N) is 2. The lowest BCUT2D eigenvalue weighted by molar-refractivity contribution is -0.128. The largest absolute Gasteiger partial charge is 0.393 e. The van der Waals surface area contributed by atoms with Crippen molar-refractivity contribution in [2.24, 2.45) is 23.5 Å². The van der Waals surface area contributed by atoms with E-state index in [0.29, 0.717) is 16.9 Å². The van der Waals surface area contributed by atoms with E-state index in [-0.39, 0.29) is 11.8 Å².